The average Bonchev–Trinajstić information content (AvgIpc) is 3.15. The third-order valence-corrected chi connectivity index (χ3v) is 4.16. The zero-order valence-corrected chi connectivity index (χ0v) is 11.4. The van der Waals surface area contributed by atoms with Gasteiger partial charge >= 0.3 is 0 Å². The van der Waals surface area contributed by atoms with Crippen LogP contribution in [-0.2, 0) is 12.6 Å². The summed E-state index contributed by atoms with van der Waals surface area (Å²) in [6.07, 6.45) is 5.75. The Morgan fingerprint density at radius 1 is 1.25 bits per heavy atom. The largest absolute Gasteiger partial charge is 0.327 e. The van der Waals surface area contributed by atoms with Crippen LogP contribution in [-0.4, -0.2) is 14.5 Å². The lowest BCUT2D eigenvalue weighted by molar-refractivity contribution is 0.741. The van der Waals surface area contributed by atoms with Crippen LogP contribution in [0.15, 0.2) is 42.7 Å². The number of pyridine rings is 1. The first kappa shape index (κ1) is 11.6. The third-order valence-electron chi connectivity index (χ3n) is 4.16. The van der Waals surface area contributed by atoms with Gasteiger partial charge in [-0.1, -0.05) is 6.07 Å². The van der Waals surface area contributed by atoms with Gasteiger partial charge in [-0.25, -0.2) is 4.98 Å². The van der Waals surface area contributed by atoms with Gasteiger partial charge < -0.3 is 10.3 Å². The zero-order chi connectivity index (χ0) is 13.7. The Kier molecular flexibility index (Phi) is 2.26. The van der Waals surface area contributed by atoms with Crippen molar-refractivity contribution in [1.29, 1.82) is 0 Å². The van der Waals surface area contributed by atoms with Crippen LogP contribution < -0.4 is 5.73 Å². The summed E-state index contributed by atoms with van der Waals surface area (Å²) >= 11 is 0. The van der Waals surface area contributed by atoms with E-state index in [1.165, 1.54) is 5.56 Å². The number of imidazole rings is 1. The van der Waals surface area contributed by atoms with E-state index in [4.69, 9.17) is 10.7 Å². The summed E-state index contributed by atoms with van der Waals surface area (Å²) in [5.41, 5.74) is 10.5. The molecule has 2 aromatic heterocycles. The Morgan fingerprint density at radius 2 is 2.10 bits per heavy atom. The molecule has 0 amide bonds. The average molecular weight is 264 g/mol. The Labute approximate surface area is 117 Å². The summed E-state index contributed by atoms with van der Waals surface area (Å²) in [5.74, 6) is 0.937. The lowest BCUT2D eigenvalue weighted by atomic mass is 10.1. The molecule has 20 heavy (non-hydrogen) atoms. The molecule has 1 fully saturated rings. The molecule has 0 spiro atoms. The smallest absolute Gasteiger partial charge is 0.142 e. The molecule has 0 bridgehead atoms. The summed E-state index contributed by atoms with van der Waals surface area (Å²) in [5, 5.41) is 0. The monoisotopic (exact) mass is 264 g/mol. The quantitative estimate of drug-likeness (QED) is 0.774. The second-order valence-corrected chi connectivity index (χ2v) is 5.60. The molecule has 1 saturated carbocycles. The fraction of sp³-hybridized carbons (Fsp3) is 0.250. The second-order valence-electron chi connectivity index (χ2n) is 5.60. The van der Waals surface area contributed by atoms with Crippen molar-refractivity contribution in [2.45, 2.75) is 18.4 Å². The molecular formula is C16H16N4. The molecule has 0 unspecified atom stereocenters. The molecule has 4 rings (SSSR count). The Morgan fingerprint density at radius 3 is 2.80 bits per heavy atom. The van der Waals surface area contributed by atoms with Crippen molar-refractivity contribution in [2.75, 3.05) is 0 Å². The third kappa shape index (κ3) is 1.65. The maximum atomic E-state index is 6.27. The minimum Gasteiger partial charge on any atom is -0.327 e. The van der Waals surface area contributed by atoms with Crippen LogP contribution in [0.2, 0.25) is 0 Å². The topological polar surface area (TPSA) is 56.7 Å². The Balaban J connectivity index is 1.90. The first-order valence-corrected chi connectivity index (χ1v) is 6.84. The van der Waals surface area contributed by atoms with Crippen molar-refractivity contribution < 1.29 is 0 Å². The molecule has 1 aromatic carbocycles. The van der Waals surface area contributed by atoms with Crippen molar-refractivity contribution in [3.63, 3.8) is 0 Å². The second kappa shape index (κ2) is 3.90. The number of fused-ring (bicyclic) bond motifs is 1. The highest BCUT2D eigenvalue weighted by molar-refractivity contribution is 5.81. The van der Waals surface area contributed by atoms with Crippen molar-refractivity contribution in [1.82, 2.24) is 14.5 Å². The van der Waals surface area contributed by atoms with E-state index in [0.29, 0.717) is 0 Å². The van der Waals surface area contributed by atoms with Gasteiger partial charge in [-0.3, -0.25) is 4.98 Å². The lowest BCUT2D eigenvalue weighted by Gasteiger charge is -2.08. The van der Waals surface area contributed by atoms with Gasteiger partial charge in [0.15, 0.2) is 0 Å². The first-order chi connectivity index (χ1) is 9.67. The Bertz CT molecular complexity index is 785. The molecule has 1 aliphatic rings. The van der Waals surface area contributed by atoms with Crippen LogP contribution in [0.3, 0.4) is 0 Å². The number of aryl methyl sites for hydroxylation is 1. The van der Waals surface area contributed by atoms with Crippen LogP contribution in [0, 0.1) is 0 Å². The predicted molar refractivity (Wildman–Crippen MR) is 79.0 cm³/mol. The summed E-state index contributed by atoms with van der Waals surface area (Å²) in [4.78, 5) is 8.92. The maximum Gasteiger partial charge on any atom is 0.142 e. The number of nitrogens with two attached hydrogens (primary N) is 1. The summed E-state index contributed by atoms with van der Waals surface area (Å²) in [7, 11) is 2.03. The van der Waals surface area contributed by atoms with Crippen LogP contribution >= 0.6 is 0 Å². The van der Waals surface area contributed by atoms with E-state index in [1.807, 2.05) is 25.4 Å². The lowest BCUT2D eigenvalue weighted by Crippen LogP contribution is -2.18. The van der Waals surface area contributed by atoms with E-state index < -0.39 is 0 Å². The molecule has 100 valence electrons. The van der Waals surface area contributed by atoms with Gasteiger partial charge in [0.1, 0.15) is 5.82 Å². The number of hydrogen-bond donors (Lipinski definition) is 1. The van der Waals surface area contributed by atoms with Gasteiger partial charge in [0, 0.05) is 30.5 Å². The van der Waals surface area contributed by atoms with Crippen LogP contribution in [0.5, 0.6) is 0 Å². The molecule has 2 N–H and O–H groups in total. The highest BCUT2D eigenvalue weighted by Crippen LogP contribution is 2.43. The van der Waals surface area contributed by atoms with Crippen molar-refractivity contribution in [2.24, 2.45) is 12.8 Å². The van der Waals surface area contributed by atoms with Crippen LogP contribution in [0.4, 0.5) is 0 Å². The van der Waals surface area contributed by atoms with Gasteiger partial charge in [-0.15, -0.1) is 0 Å². The number of benzene rings is 1. The molecule has 1 aliphatic carbocycles. The van der Waals surface area contributed by atoms with Gasteiger partial charge in [0.25, 0.3) is 0 Å². The minimum absolute atomic E-state index is 0.111. The predicted octanol–water partition coefficient (Wildman–Crippen LogP) is 2.58. The van der Waals surface area contributed by atoms with Crippen molar-refractivity contribution >= 4 is 11.0 Å². The highest BCUT2D eigenvalue weighted by Gasteiger charge is 2.40. The molecular weight excluding hydrogens is 248 g/mol. The summed E-state index contributed by atoms with van der Waals surface area (Å²) < 4.78 is 2.10. The normalized spacial score (nSPS) is 16.5. The van der Waals surface area contributed by atoms with Crippen LogP contribution in [0.1, 0.15) is 18.4 Å². The standard InChI is InChI=1S/C16H16N4/c1-20-14-5-4-12(16(17)6-7-16)9-13(14)19-15(20)11-3-2-8-18-10-11/h2-5,8-10H,6-7,17H2,1H3. The molecule has 4 heteroatoms. The molecule has 0 aliphatic heterocycles. The van der Waals surface area contributed by atoms with Crippen LogP contribution in [0.25, 0.3) is 22.4 Å². The number of hydrogen-bond acceptors (Lipinski definition) is 3. The molecule has 0 radical (unpaired) electrons. The van der Waals surface area contributed by atoms with Gasteiger partial charge in [0.05, 0.1) is 11.0 Å². The van der Waals surface area contributed by atoms with E-state index in [1.54, 1.807) is 6.20 Å². The molecule has 3 aromatic rings. The number of nitrogens with zero attached hydrogens (tertiary/aromatic N) is 3. The summed E-state index contributed by atoms with van der Waals surface area (Å²) in [6, 6.07) is 10.3. The SMILES string of the molecule is Cn1c(-c2cccnc2)nc2cc(C3(N)CC3)ccc21. The fourth-order valence-corrected chi connectivity index (χ4v) is 2.69. The van der Waals surface area contributed by atoms with E-state index >= 15 is 0 Å². The van der Waals surface area contributed by atoms with Crippen molar-refractivity contribution in [3.05, 3.63) is 48.3 Å². The van der Waals surface area contributed by atoms with Crippen molar-refractivity contribution in [3.8, 4) is 11.4 Å². The van der Waals surface area contributed by atoms with Gasteiger partial charge in [0.2, 0.25) is 0 Å². The molecule has 0 atom stereocenters. The van der Waals surface area contributed by atoms with Gasteiger partial charge in [-0.05, 0) is 42.7 Å². The molecule has 4 nitrogen and oxygen atoms in total. The van der Waals surface area contributed by atoms with Gasteiger partial charge in [-0.2, -0.15) is 0 Å². The minimum atomic E-state index is -0.111. The van der Waals surface area contributed by atoms with E-state index in [0.717, 1.165) is 35.3 Å². The first-order valence-electron chi connectivity index (χ1n) is 6.84. The zero-order valence-electron chi connectivity index (χ0n) is 11.4. The molecule has 2 heterocycles. The summed E-state index contributed by atoms with van der Waals surface area (Å²) in [6.45, 7) is 0. The Hall–Kier alpha value is -2.20. The number of rotatable bonds is 2. The van der Waals surface area contributed by atoms with E-state index in [9.17, 15) is 0 Å². The number of aromatic nitrogens is 3. The maximum absolute atomic E-state index is 6.27. The van der Waals surface area contributed by atoms with E-state index in [2.05, 4.69) is 27.8 Å². The molecule has 0 saturated heterocycles. The fourth-order valence-electron chi connectivity index (χ4n) is 2.69. The highest BCUT2D eigenvalue weighted by atomic mass is 15.1. The van der Waals surface area contributed by atoms with E-state index in [-0.39, 0.29) is 5.54 Å².